The number of para-hydroxylation sites is 1. The van der Waals surface area contributed by atoms with Crippen LogP contribution in [0.15, 0.2) is 53.4 Å². The third-order valence-corrected chi connectivity index (χ3v) is 4.01. The normalized spacial score (nSPS) is 10.6. The first-order valence-corrected chi connectivity index (χ1v) is 8.24. The zero-order valence-corrected chi connectivity index (χ0v) is 14.1. The van der Waals surface area contributed by atoms with E-state index in [0.29, 0.717) is 11.5 Å². The standard InChI is InChI=1S/C18H19NO3S/c1-21-14-9-10-16(22-2)13(12-14)8-11-18(20)19-15-6-4-5-7-17(15)23-3/h4-12H,1-3H3,(H,19,20)/b11-8+. The van der Waals surface area contributed by atoms with Gasteiger partial charge in [0.25, 0.3) is 0 Å². The molecule has 1 amide bonds. The third-order valence-electron chi connectivity index (χ3n) is 3.22. The molecule has 0 bridgehead atoms. The lowest BCUT2D eigenvalue weighted by atomic mass is 10.1. The zero-order valence-electron chi connectivity index (χ0n) is 13.3. The predicted molar refractivity (Wildman–Crippen MR) is 95.4 cm³/mol. The first-order chi connectivity index (χ1) is 11.2. The van der Waals surface area contributed by atoms with Gasteiger partial charge in [0, 0.05) is 16.5 Å². The van der Waals surface area contributed by atoms with Crippen molar-refractivity contribution >= 4 is 29.4 Å². The lowest BCUT2D eigenvalue weighted by Gasteiger charge is -2.08. The van der Waals surface area contributed by atoms with Gasteiger partial charge in [0.15, 0.2) is 0 Å². The minimum absolute atomic E-state index is 0.198. The number of hydrogen-bond donors (Lipinski definition) is 1. The largest absolute Gasteiger partial charge is 0.497 e. The van der Waals surface area contributed by atoms with Crippen LogP contribution in [0.2, 0.25) is 0 Å². The number of anilines is 1. The summed E-state index contributed by atoms with van der Waals surface area (Å²) < 4.78 is 10.5. The van der Waals surface area contributed by atoms with Crippen LogP contribution in [0.1, 0.15) is 5.56 Å². The van der Waals surface area contributed by atoms with E-state index in [-0.39, 0.29) is 5.91 Å². The van der Waals surface area contributed by atoms with E-state index in [9.17, 15) is 4.79 Å². The van der Waals surface area contributed by atoms with Crippen molar-refractivity contribution < 1.29 is 14.3 Å². The van der Waals surface area contributed by atoms with Crippen molar-refractivity contribution in [3.63, 3.8) is 0 Å². The van der Waals surface area contributed by atoms with Crippen LogP contribution in [-0.2, 0) is 4.79 Å². The minimum atomic E-state index is -0.198. The molecule has 2 aromatic carbocycles. The highest BCUT2D eigenvalue weighted by Gasteiger charge is 2.05. The van der Waals surface area contributed by atoms with Gasteiger partial charge in [-0.1, -0.05) is 12.1 Å². The van der Waals surface area contributed by atoms with Crippen LogP contribution in [0.5, 0.6) is 11.5 Å². The van der Waals surface area contributed by atoms with Gasteiger partial charge >= 0.3 is 0 Å². The number of amides is 1. The molecule has 0 atom stereocenters. The molecule has 0 aliphatic rings. The minimum Gasteiger partial charge on any atom is -0.497 e. The van der Waals surface area contributed by atoms with Crippen molar-refractivity contribution in [3.8, 4) is 11.5 Å². The molecule has 0 heterocycles. The van der Waals surface area contributed by atoms with Gasteiger partial charge in [0.2, 0.25) is 5.91 Å². The average molecular weight is 329 g/mol. The maximum absolute atomic E-state index is 12.1. The highest BCUT2D eigenvalue weighted by atomic mass is 32.2. The summed E-state index contributed by atoms with van der Waals surface area (Å²) in [5.74, 6) is 1.19. The Balaban J connectivity index is 2.15. The molecule has 4 nitrogen and oxygen atoms in total. The summed E-state index contributed by atoms with van der Waals surface area (Å²) in [6.07, 6.45) is 5.16. The number of hydrogen-bond acceptors (Lipinski definition) is 4. The summed E-state index contributed by atoms with van der Waals surface area (Å²) in [5, 5.41) is 2.88. The molecule has 2 rings (SSSR count). The Morgan fingerprint density at radius 1 is 1.13 bits per heavy atom. The summed E-state index contributed by atoms with van der Waals surface area (Å²) in [5.41, 5.74) is 1.58. The number of nitrogens with one attached hydrogen (secondary N) is 1. The first kappa shape index (κ1) is 17.0. The Morgan fingerprint density at radius 2 is 1.91 bits per heavy atom. The van der Waals surface area contributed by atoms with E-state index in [1.54, 1.807) is 38.1 Å². The van der Waals surface area contributed by atoms with Gasteiger partial charge in [-0.25, -0.2) is 0 Å². The molecule has 0 spiro atoms. The predicted octanol–water partition coefficient (Wildman–Crippen LogP) is 4.08. The van der Waals surface area contributed by atoms with Gasteiger partial charge in [-0.2, -0.15) is 0 Å². The van der Waals surface area contributed by atoms with E-state index < -0.39 is 0 Å². The highest BCUT2D eigenvalue weighted by Crippen LogP contribution is 2.26. The van der Waals surface area contributed by atoms with Crippen molar-refractivity contribution in [2.45, 2.75) is 4.90 Å². The average Bonchev–Trinajstić information content (AvgIpc) is 2.60. The zero-order chi connectivity index (χ0) is 16.7. The Bertz CT molecular complexity index is 713. The Labute approximate surface area is 140 Å². The lowest BCUT2D eigenvalue weighted by Crippen LogP contribution is -2.08. The number of ether oxygens (including phenoxy) is 2. The molecule has 5 heteroatoms. The highest BCUT2D eigenvalue weighted by molar-refractivity contribution is 7.98. The van der Waals surface area contributed by atoms with Gasteiger partial charge in [0.05, 0.1) is 19.9 Å². The fourth-order valence-electron chi connectivity index (χ4n) is 2.06. The van der Waals surface area contributed by atoms with Crippen molar-refractivity contribution in [2.24, 2.45) is 0 Å². The number of carbonyl (C=O) groups excluding carboxylic acids is 1. The van der Waals surface area contributed by atoms with Gasteiger partial charge in [-0.15, -0.1) is 11.8 Å². The van der Waals surface area contributed by atoms with Gasteiger partial charge in [-0.05, 0) is 42.7 Å². The fraction of sp³-hybridized carbons (Fsp3) is 0.167. The summed E-state index contributed by atoms with van der Waals surface area (Å²) >= 11 is 1.59. The molecule has 0 aliphatic carbocycles. The lowest BCUT2D eigenvalue weighted by molar-refractivity contribution is -0.111. The Morgan fingerprint density at radius 3 is 2.61 bits per heavy atom. The van der Waals surface area contributed by atoms with E-state index in [2.05, 4.69) is 5.32 Å². The summed E-state index contributed by atoms with van der Waals surface area (Å²) in [6, 6.07) is 13.1. The maximum atomic E-state index is 12.1. The molecule has 0 fully saturated rings. The third kappa shape index (κ3) is 4.53. The number of benzene rings is 2. The molecule has 23 heavy (non-hydrogen) atoms. The molecule has 120 valence electrons. The van der Waals surface area contributed by atoms with E-state index in [1.807, 2.05) is 42.7 Å². The quantitative estimate of drug-likeness (QED) is 0.641. The molecule has 0 radical (unpaired) electrons. The molecule has 0 saturated carbocycles. The van der Waals surface area contributed by atoms with Crippen LogP contribution in [0.4, 0.5) is 5.69 Å². The van der Waals surface area contributed by atoms with E-state index in [0.717, 1.165) is 16.1 Å². The maximum Gasteiger partial charge on any atom is 0.248 e. The second-order valence-corrected chi connectivity index (χ2v) is 5.48. The van der Waals surface area contributed by atoms with Crippen molar-refractivity contribution in [1.29, 1.82) is 0 Å². The molecule has 0 unspecified atom stereocenters. The van der Waals surface area contributed by atoms with Gasteiger partial charge in [0.1, 0.15) is 11.5 Å². The molecule has 0 aliphatic heterocycles. The first-order valence-electron chi connectivity index (χ1n) is 7.02. The van der Waals surface area contributed by atoms with Gasteiger partial charge in [-0.3, -0.25) is 4.79 Å². The molecule has 2 aromatic rings. The summed E-state index contributed by atoms with van der Waals surface area (Å²) in [7, 11) is 3.19. The molecular formula is C18H19NO3S. The number of methoxy groups -OCH3 is 2. The number of thioether (sulfide) groups is 1. The van der Waals surface area contributed by atoms with Crippen molar-refractivity contribution in [3.05, 3.63) is 54.1 Å². The van der Waals surface area contributed by atoms with E-state index >= 15 is 0 Å². The second-order valence-electron chi connectivity index (χ2n) is 4.63. The van der Waals surface area contributed by atoms with Crippen LogP contribution in [-0.4, -0.2) is 26.4 Å². The van der Waals surface area contributed by atoms with Crippen LogP contribution in [0, 0.1) is 0 Å². The van der Waals surface area contributed by atoms with E-state index in [1.165, 1.54) is 6.08 Å². The molecule has 0 aromatic heterocycles. The van der Waals surface area contributed by atoms with Gasteiger partial charge < -0.3 is 14.8 Å². The van der Waals surface area contributed by atoms with Crippen LogP contribution in [0.25, 0.3) is 6.08 Å². The van der Waals surface area contributed by atoms with Crippen LogP contribution in [0.3, 0.4) is 0 Å². The molecule has 1 N–H and O–H groups in total. The van der Waals surface area contributed by atoms with E-state index in [4.69, 9.17) is 9.47 Å². The number of rotatable bonds is 6. The SMILES string of the molecule is COc1ccc(OC)c(/C=C/C(=O)Nc2ccccc2SC)c1. The number of carbonyl (C=O) groups is 1. The van der Waals surface area contributed by atoms with Crippen LogP contribution < -0.4 is 14.8 Å². The summed E-state index contributed by atoms with van der Waals surface area (Å²) in [4.78, 5) is 13.2. The smallest absolute Gasteiger partial charge is 0.248 e. The second kappa shape index (κ2) is 8.29. The summed E-state index contributed by atoms with van der Waals surface area (Å²) in [6.45, 7) is 0. The van der Waals surface area contributed by atoms with Crippen LogP contribution >= 0.6 is 11.8 Å². The Kier molecular flexibility index (Phi) is 6.11. The molecule has 0 saturated heterocycles. The van der Waals surface area contributed by atoms with Crippen molar-refractivity contribution in [2.75, 3.05) is 25.8 Å². The fourth-order valence-corrected chi connectivity index (χ4v) is 2.61. The van der Waals surface area contributed by atoms with Crippen molar-refractivity contribution in [1.82, 2.24) is 0 Å². The molecular weight excluding hydrogens is 310 g/mol. The topological polar surface area (TPSA) is 47.6 Å². The Hall–Kier alpha value is -2.40. The monoisotopic (exact) mass is 329 g/mol.